The molecule has 1 aromatic carbocycles. The Hall–Kier alpha value is -1.13. The third kappa shape index (κ3) is 2.96. The van der Waals surface area contributed by atoms with Crippen LogP contribution >= 0.6 is 15.9 Å². The van der Waals surface area contributed by atoms with Crippen LogP contribution in [0.2, 0.25) is 0 Å². The Kier molecular flexibility index (Phi) is 3.97. The second kappa shape index (κ2) is 5.47. The van der Waals surface area contributed by atoms with Crippen LogP contribution in [0.5, 0.6) is 0 Å². The number of nitrogens with zero attached hydrogens (tertiary/aromatic N) is 1. The zero-order chi connectivity index (χ0) is 12.3. The van der Waals surface area contributed by atoms with Crippen molar-refractivity contribution in [1.82, 2.24) is 4.98 Å². The fourth-order valence-corrected chi connectivity index (χ4v) is 2.04. The number of benzene rings is 1. The highest BCUT2D eigenvalue weighted by molar-refractivity contribution is 9.10. The molecule has 0 aliphatic heterocycles. The molecule has 0 saturated carbocycles. The fourth-order valence-electron chi connectivity index (χ4n) is 1.66. The fraction of sp³-hybridized carbons (Fsp3) is 0.308. The molecule has 4 heteroatoms. The predicted octanol–water partition coefficient (Wildman–Crippen LogP) is 3.18. The molecule has 0 spiro atoms. The maximum atomic E-state index is 9.14. The average Bonchev–Trinajstić information content (AvgIpc) is 2.36. The summed E-state index contributed by atoms with van der Waals surface area (Å²) in [7, 11) is 0. The first-order valence-electron chi connectivity index (χ1n) is 5.66. The average molecular weight is 295 g/mol. The van der Waals surface area contributed by atoms with E-state index in [1.165, 1.54) is 0 Å². The molecule has 0 fully saturated rings. The molecule has 17 heavy (non-hydrogen) atoms. The molecule has 2 N–H and O–H groups in total. The van der Waals surface area contributed by atoms with Crippen LogP contribution in [0.3, 0.4) is 0 Å². The van der Waals surface area contributed by atoms with Gasteiger partial charge in [0, 0.05) is 9.86 Å². The molecule has 0 unspecified atom stereocenters. The van der Waals surface area contributed by atoms with Crippen LogP contribution in [0.25, 0.3) is 10.9 Å². The molecule has 0 aliphatic carbocycles. The summed E-state index contributed by atoms with van der Waals surface area (Å²) in [6, 6.07) is 10.0. The van der Waals surface area contributed by atoms with Gasteiger partial charge in [0.2, 0.25) is 0 Å². The van der Waals surface area contributed by atoms with Gasteiger partial charge in [0.15, 0.2) is 0 Å². The van der Waals surface area contributed by atoms with Gasteiger partial charge in [-0.3, -0.25) is 0 Å². The highest BCUT2D eigenvalue weighted by atomic mass is 79.9. The molecular weight excluding hydrogens is 280 g/mol. The van der Waals surface area contributed by atoms with E-state index in [-0.39, 0.29) is 12.6 Å². The smallest absolute Gasteiger partial charge is 0.126 e. The summed E-state index contributed by atoms with van der Waals surface area (Å²) < 4.78 is 1.05. The van der Waals surface area contributed by atoms with Gasteiger partial charge in [0.1, 0.15) is 5.82 Å². The van der Waals surface area contributed by atoms with E-state index in [2.05, 4.69) is 26.2 Å². The molecule has 1 aromatic heterocycles. The minimum atomic E-state index is 0.0652. The van der Waals surface area contributed by atoms with Gasteiger partial charge in [-0.15, -0.1) is 0 Å². The third-order valence-corrected chi connectivity index (χ3v) is 3.21. The normalized spacial score (nSPS) is 12.6. The lowest BCUT2D eigenvalue weighted by atomic mass is 10.2. The van der Waals surface area contributed by atoms with Crippen LogP contribution in [0.4, 0.5) is 5.82 Å². The Morgan fingerprint density at radius 2 is 2.18 bits per heavy atom. The second-order valence-electron chi connectivity index (χ2n) is 3.97. The molecule has 0 saturated heterocycles. The summed E-state index contributed by atoms with van der Waals surface area (Å²) in [6.45, 7) is 2.16. The van der Waals surface area contributed by atoms with Crippen LogP contribution in [0.15, 0.2) is 34.8 Å². The molecule has 2 aromatic rings. The van der Waals surface area contributed by atoms with E-state index in [0.29, 0.717) is 0 Å². The minimum Gasteiger partial charge on any atom is -0.394 e. The van der Waals surface area contributed by atoms with Crippen LogP contribution < -0.4 is 5.32 Å². The number of pyridine rings is 1. The van der Waals surface area contributed by atoms with Gasteiger partial charge in [0.25, 0.3) is 0 Å². The lowest BCUT2D eigenvalue weighted by Gasteiger charge is -2.14. The summed E-state index contributed by atoms with van der Waals surface area (Å²) in [6.07, 6.45) is 0.872. The highest BCUT2D eigenvalue weighted by Gasteiger charge is 2.05. The summed E-state index contributed by atoms with van der Waals surface area (Å²) in [5.41, 5.74) is 0.950. The Morgan fingerprint density at radius 1 is 1.35 bits per heavy atom. The van der Waals surface area contributed by atoms with E-state index < -0.39 is 0 Å². The number of rotatable bonds is 4. The van der Waals surface area contributed by atoms with Gasteiger partial charge in [-0.1, -0.05) is 22.9 Å². The molecular formula is C13H15BrN2O. The van der Waals surface area contributed by atoms with Crippen molar-refractivity contribution in [2.24, 2.45) is 0 Å². The number of anilines is 1. The SMILES string of the molecule is CC[C@@H](CO)Nc1ccc2cc(Br)ccc2n1. The first kappa shape index (κ1) is 12.3. The predicted molar refractivity (Wildman–Crippen MR) is 74.2 cm³/mol. The van der Waals surface area contributed by atoms with E-state index >= 15 is 0 Å². The topological polar surface area (TPSA) is 45.1 Å². The van der Waals surface area contributed by atoms with E-state index in [1.807, 2.05) is 37.3 Å². The lowest BCUT2D eigenvalue weighted by molar-refractivity contribution is 0.271. The first-order valence-corrected chi connectivity index (χ1v) is 6.46. The first-order chi connectivity index (χ1) is 8.22. The van der Waals surface area contributed by atoms with E-state index in [4.69, 9.17) is 5.11 Å². The number of nitrogens with one attached hydrogen (secondary N) is 1. The summed E-state index contributed by atoms with van der Waals surface area (Å²) in [5, 5.41) is 13.5. The van der Waals surface area contributed by atoms with Crippen molar-refractivity contribution in [2.45, 2.75) is 19.4 Å². The number of hydrogen-bond acceptors (Lipinski definition) is 3. The van der Waals surface area contributed by atoms with Gasteiger partial charge in [-0.2, -0.15) is 0 Å². The van der Waals surface area contributed by atoms with Crippen molar-refractivity contribution in [2.75, 3.05) is 11.9 Å². The van der Waals surface area contributed by atoms with E-state index in [1.54, 1.807) is 0 Å². The van der Waals surface area contributed by atoms with Crippen molar-refractivity contribution >= 4 is 32.7 Å². The number of halogens is 1. The molecule has 90 valence electrons. The van der Waals surface area contributed by atoms with Gasteiger partial charge < -0.3 is 10.4 Å². The second-order valence-corrected chi connectivity index (χ2v) is 4.88. The van der Waals surface area contributed by atoms with Crippen LogP contribution in [-0.4, -0.2) is 22.7 Å². The van der Waals surface area contributed by atoms with Gasteiger partial charge in [0.05, 0.1) is 18.2 Å². The van der Waals surface area contributed by atoms with Crippen LogP contribution in [0.1, 0.15) is 13.3 Å². The molecule has 0 amide bonds. The zero-order valence-corrected chi connectivity index (χ0v) is 11.2. The van der Waals surface area contributed by atoms with Crippen molar-refractivity contribution < 1.29 is 5.11 Å². The van der Waals surface area contributed by atoms with Crippen LogP contribution in [0, 0.1) is 0 Å². The van der Waals surface area contributed by atoms with Gasteiger partial charge in [-0.05, 0) is 36.8 Å². The molecule has 3 nitrogen and oxygen atoms in total. The van der Waals surface area contributed by atoms with Crippen molar-refractivity contribution in [3.63, 3.8) is 0 Å². The van der Waals surface area contributed by atoms with Crippen molar-refractivity contribution in [1.29, 1.82) is 0 Å². The summed E-state index contributed by atoms with van der Waals surface area (Å²) >= 11 is 3.44. The molecule has 2 rings (SSSR count). The van der Waals surface area contributed by atoms with Gasteiger partial charge >= 0.3 is 0 Å². The Morgan fingerprint density at radius 3 is 2.88 bits per heavy atom. The van der Waals surface area contributed by atoms with Crippen molar-refractivity contribution in [3.05, 3.63) is 34.8 Å². The number of fused-ring (bicyclic) bond motifs is 1. The van der Waals surface area contributed by atoms with E-state index in [9.17, 15) is 0 Å². The maximum Gasteiger partial charge on any atom is 0.126 e. The van der Waals surface area contributed by atoms with E-state index in [0.717, 1.165) is 27.6 Å². The third-order valence-electron chi connectivity index (χ3n) is 2.72. The Bertz CT molecular complexity index is 512. The number of aliphatic hydroxyl groups is 1. The van der Waals surface area contributed by atoms with Crippen molar-refractivity contribution in [3.8, 4) is 0 Å². The Balaban J connectivity index is 2.28. The number of aliphatic hydroxyl groups excluding tert-OH is 1. The number of aromatic nitrogens is 1. The minimum absolute atomic E-state index is 0.0652. The maximum absolute atomic E-state index is 9.14. The standard InChI is InChI=1S/C13H15BrN2O/c1-2-11(8-17)15-13-6-3-9-7-10(14)4-5-12(9)16-13/h3-7,11,17H,2,8H2,1H3,(H,15,16)/t11-/m0/s1. The summed E-state index contributed by atoms with van der Waals surface area (Å²) in [5.74, 6) is 0.806. The highest BCUT2D eigenvalue weighted by Crippen LogP contribution is 2.20. The quantitative estimate of drug-likeness (QED) is 0.910. The summed E-state index contributed by atoms with van der Waals surface area (Å²) in [4.78, 5) is 4.51. The zero-order valence-electron chi connectivity index (χ0n) is 9.65. The Labute approximate surface area is 109 Å². The molecule has 1 atom stereocenters. The van der Waals surface area contributed by atoms with Gasteiger partial charge in [-0.25, -0.2) is 4.98 Å². The van der Waals surface area contributed by atoms with Crippen LogP contribution in [-0.2, 0) is 0 Å². The molecule has 0 aliphatic rings. The largest absolute Gasteiger partial charge is 0.394 e. The molecule has 0 radical (unpaired) electrons. The monoisotopic (exact) mass is 294 g/mol. The lowest BCUT2D eigenvalue weighted by Crippen LogP contribution is -2.23. The molecule has 1 heterocycles. The number of hydrogen-bond donors (Lipinski definition) is 2. The molecule has 0 bridgehead atoms.